The molecule has 2 aromatic rings. The van der Waals surface area contributed by atoms with Crippen molar-refractivity contribution in [2.75, 3.05) is 23.7 Å². The van der Waals surface area contributed by atoms with Gasteiger partial charge in [0.15, 0.2) is 5.71 Å². The molecular formula is C35H40F3N7O5. The summed E-state index contributed by atoms with van der Waals surface area (Å²) in [5.41, 5.74) is 0.249. The third-order valence-electron chi connectivity index (χ3n) is 10.6. The van der Waals surface area contributed by atoms with Gasteiger partial charge in [0.25, 0.3) is 11.8 Å². The highest BCUT2D eigenvalue weighted by Gasteiger charge is 2.57. The van der Waals surface area contributed by atoms with Gasteiger partial charge in [0, 0.05) is 55.6 Å². The Morgan fingerprint density at radius 1 is 1.04 bits per heavy atom. The normalized spacial score (nSPS) is 23.0. The summed E-state index contributed by atoms with van der Waals surface area (Å²) in [7, 11) is 0. The molecule has 4 aliphatic rings. The maximum Gasteiger partial charge on any atom is 0.318 e. The number of oxime groups is 1. The number of hydrogen-bond acceptors (Lipinski definition) is 7. The van der Waals surface area contributed by atoms with Gasteiger partial charge >= 0.3 is 6.03 Å². The molecule has 0 aromatic heterocycles. The monoisotopic (exact) mass is 695 g/mol. The second-order valence-electron chi connectivity index (χ2n) is 14.2. The molecule has 3 aliphatic carbocycles. The second-order valence-corrected chi connectivity index (χ2v) is 14.2. The molecule has 6 N–H and O–H groups in total. The number of carbonyl (C=O) groups is 4. The fraction of sp³-hybridized carbons (Fsp3) is 0.486. The van der Waals surface area contributed by atoms with Gasteiger partial charge < -0.3 is 36.8 Å². The average Bonchev–Trinajstić information content (AvgIpc) is 3.70. The van der Waals surface area contributed by atoms with Crippen molar-refractivity contribution in [2.24, 2.45) is 16.5 Å². The van der Waals surface area contributed by atoms with Crippen molar-refractivity contribution < 1.29 is 37.6 Å². The molecule has 1 heterocycles. The predicted octanol–water partition coefficient (Wildman–Crippen LogP) is 4.53. The zero-order valence-corrected chi connectivity index (χ0v) is 27.8. The molecular weight excluding hydrogens is 655 g/mol. The summed E-state index contributed by atoms with van der Waals surface area (Å²) in [6.45, 7) is 3.87. The molecule has 2 aromatic carbocycles. The maximum absolute atomic E-state index is 14.3. The number of nitrogens with one attached hydrogen (secondary N) is 5. The zero-order chi connectivity index (χ0) is 36.0. The lowest BCUT2D eigenvalue weighted by molar-refractivity contribution is -0.127. The van der Waals surface area contributed by atoms with E-state index in [4.69, 9.17) is 5.41 Å². The summed E-state index contributed by atoms with van der Waals surface area (Å²) >= 11 is 0. The fourth-order valence-corrected chi connectivity index (χ4v) is 7.37. The Morgan fingerprint density at radius 3 is 2.40 bits per heavy atom. The molecule has 1 aliphatic heterocycles. The lowest BCUT2D eigenvalue weighted by Gasteiger charge is -2.45. The molecule has 3 fully saturated rings. The van der Waals surface area contributed by atoms with Crippen molar-refractivity contribution in [3.05, 3.63) is 58.9 Å². The van der Waals surface area contributed by atoms with Crippen LogP contribution in [0.3, 0.4) is 0 Å². The number of urea groups is 1. The molecule has 266 valence electrons. The van der Waals surface area contributed by atoms with E-state index in [-0.39, 0.29) is 48.5 Å². The minimum atomic E-state index is -2.89. The Hall–Kier alpha value is -4.95. The van der Waals surface area contributed by atoms with Crippen LogP contribution in [0.5, 0.6) is 0 Å². The summed E-state index contributed by atoms with van der Waals surface area (Å²) in [5, 5.41) is 30.9. The summed E-state index contributed by atoms with van der Waals surface area (Å²) in [4.78, 5) is 55.9. The third-order valence-corrected chi connectivity index (χ3v) is 10.6. The first kappa shape index (κ1) is 34.9. The highest BCUT2D eigenvalue weighted by molar-refractivity contribution is 6.65. The number of fused-ring (bicyclic) bond motifs is 1. The standard InChI is InChI=1S/C35H40F3N7O5/c1-19-3-5-24(36)14-26(19)42-31(48)34(45-18-33(11-12-33)17-40-32(45)49)15-22-4-6-25(13-23(22)16-34)41-30(47)28(21-7-9-35(37,38)10-8-21)43-29(46)27(44-50)20(2)39/h3-6,13-14,21,28,39,50H,7-12,15-18H2,1-2H3,(H,40,49)(H,41,47)(H,42,48)(H,43,46)/b39-20?,44-27+/t28-,34?/m0/s1. The summed E-state index contributed by atoms with van der Waals surface area (Å²) in [6.07, 6.45) is 1.06. The van der Waals surface area contributed by atoms with Crippen molar-refractivity contribution in [1.82, 2.24) is 15.5 Å². The van der Waals surface area contributed by atoms with Crippen LogP contribution >= 0.6 is 0 Å². The number of hydrogen-bond donors (Lipinski definition) is 6. The molecule has 0 radical (unpaired) electrons. The molecule has 50 heavy (non-hydrogen) atoms. The van der Waals surface area contributed by atoms with Crippen LogP contribution in [-0.4, -0.2) is 75.9 Å². The maximum atomic E-state index is 14.3. The fourth-order valence-electron chi connectivity index (χ4n) is 7.37. The van der Waals surface area contributed by atoms with Gasteiger partial charge in [0.1, 0.15) is 17.4 Å². The summed E-state index contributed by atoms with van der Waals surface area (Å²) < 4.78 is 42.2. The number of alkyl halides is 2. The van der Waals surface area contributed by atoms with Crippen LogP contribution in [0, 0.1) is 29.5 Å². The van der Waals surface area contributed by atoms with Gasteiger partial charge in [0.2, 0.25) is 11.8 Å². The predicted molar refractivity (Wildman–Crippen MR) is 178 cm³/mol. The van der Waals surface area contributed by atoms with Crippen LogP contribution in [0.1, 0.15) is 62.1 Å². The molecule has 2 atom stereocenters. The Kier molecular flexibility index (Phi) is 9.12. The first-order valence-corrected chi connectivity index (χ1v) is 16.7. The number of aryl methyl sites for hydroxylation is 1. The van der Waals surface area contributed by atoms with Crippen molar-refractivity contribution in [3.63, 3.8) is 0 Å². The van der Waals surface area contributed by atoms with E-state index >= 15 is 0 Å². The SMILES string of the molecule is CC(=N)/C(=N\O)C(=O)N[C@H](C(=O)Nc1ccc2c(c1)CC(C(=O)Nc1cc(F)ccc1C)(N1CC3(CC3)CNC1=O)C2)C1CCC(F)(F)CC1. The number of anilines is 2. The van der Waals surface area contributed by atoms with Gasteiger partial charge in [-0.1, -0.05) is 17.3 Å². The van der Waals surface area contributed by atoms with Crippen LogP contribution in [-0.2, 0) is 27.2 Å². The van der Waals surface area contributed by atoms with Crippen LogP contribution in [0.4, 0.5) is 29.3 Å². The van der Waals surface area contributed by atoms with Crippen LogP contribution in [0.15, 0.2) is 41.6 Å². The van der Waals surface area contributed by atoms with Crippen LogP contribution in [0.25, 0.3) is 0 Å². The summed E-state index contributed by atoms with van der Waals surface area (Å²) in [5.74, 6) is -6.23. The Bertz CT molecular complexity index is 1790. The molecule has 6 rings (SSSR count). The van der Waals surface area contributed by atoms with E-state index in [0.717, 1.165) is 18.4 Å². The minimum absolute atomic E-state index is 0.0491. The van der Waals surface area contributed by atoms with E-state index in [0.29, 0.717) is 29.9 Å². The zero-order valence-electron chi connectivity index (χ0n) is 27.8. The highest BCUT2D eigenvalue weighted by Crippen LogP contribution is 2.50. The van der Waals surface area contributed by atoms with E-state index in [1.165, 1.54) is 19.1 Å². The number of benzene rings is 2. The summed E-state index contributed by atoms with van der Waals surface area (Å²) in [6, 6.07) is 7.47. The first-order chi connectivity index (χ1) is 23.6. The van der Waals surface area contributed by atoms with Gasteiger partial charge in [-0.2, -0.15) is 0 Å². The first-order valence-electron chi connectivity index (χ1n) is 16.7. The number of amides is 5. The van der Waals surface area contributed by atoms with Crippen LogP contribution < -0.4 is 21.3 Å². The van der Waals surface area contributed by atoms with E-state index in [1.54, 1.807) is 36.1 Å². The molecule has 5 amide bonds. The van der Waals surface area contributed by atoms with Crippen molar-refractivity contribution in [2.45, 2.75) is 82.7 Å². The van der Waals surface area contributed by atoms with Gasteiger partial charge in [-0.3, -0.25) is 14.4 Å². The lowest BCUT2D eigenvalue weighted by Crippen LogP contribution is -2.66. The number of nitrogens with zero attached hydrogens (tertiary/aromatic N) is 2. The van der Waals surface area contributed by atoms with Gasteiger partial charge in [-0.15, -0.1) is 0 Å². The average molecular weight is 696 g/mol. The third kappa shape index (κ3) is 6.90. The van der Waals surface area contributed by atoms with E-state index in [1.807, 2.05) is 0 Å². The molecule has 1 saturated heterocycles. The largest absolute Gasteiger partial charge is 0.410 e. The molecule has 2 saturated carbocycles. The van der Waals surface area contributed by atoms with Crippen molar-refractivity contribution >= 4 is 46.6 Å². The Labute approximate surface area is 286 Å². The van der Waals surface area contributed by atoms with Crippen molar-refractivity contribution in [1.29, 1.82) is 5.41 Å². The molecule has 1 unspecified atom stereocenters. The smallest absolute Gasteiger partial charge is 0.318 e. The highest BCUT2D eigenvalue weighted by atomic mass is 19.3. The Balaban J connectivity index is 1.27. The van der Waals surface area contributed by atoms with E-state index < -0.39 is 65.5 Å². The molecule has 1 spiro atoms. The lowest BCUT2D eigenvalue weighted by atomic mass is 9.81. The van der Waals surface area contributed by atoms with Crippen LogP contribution in [0.2, 0.25) is 0 Å². The molecule has 15 heteroatoms. The van der Waals surface area contributed by atoms with Gasteiger partial charge in [-0.25, -0.2) is 18.0 Å². The number of carbonyl (C=O) groups excluding carboxylic acids is 4. The van der Waals surface area contributed by atoms with Gasteiger partial charge in [0.05, 0.1) is 5.71 Å². The quantitative estimate of drug-likeness (QED) is 0.128. The topological polar surface area (TPSA) is 176 Å². The minimum Gasteiger partial charge on any atom is -0.410 e. The molecule has 12 nitrogen and oxygen atoms in total. The van der Waals surface area contributed by atoms with E-state index in [2.05, 4.69) is 26.4 Å². The van der Waals surface area contributed by atoms with Gasteiger partial charge in [-0.05, 0) is 86.4 Å². The Morgan fingerprint density at radius 2 is 1.74 bits per heavy atom. The van der Waals surface area contributed by atoms with Crippen molar-refractivity contribution in [3.8, 4) is 0 Å². The molecule has 0 bridgehead atoms. The number of halogens is 3. The number of rotatable bonds is 9. The van der Waals surface area contributed by atoms with E-state index in [9.17, 15) is 37.6 Å². The second kappa shape index (κ2) is 13.1.